The smallest absolute Gasteiger partial charge is 0.239 e. The van der Waals surface area contributed by atoms with Gasteiger partial charge in [0.25, 0.3) is 0 Å². The number of amides is 1. The number of nitrogens with one attached hydrogen (secondary N) is 3. The Morgan fingerprint density at radius 3 is 2.56 bits per heavy atom. The Kier molecular flexibility index (Phi) is 7.97. The Labute approximate surface area is 148 Å². The number of aromatic nitrogens is 1. The average Bonchev–Trinajstić information content (AvgIpc) is 2.66. The van der Waals surface area contributed by atoms with Crippen LogP contribution >= 0.6 is 0 Å². The van der Waals surface area contributed by atoms with E-state index in [0.717, 1.165) is 18.7 Å². The van der Waals surface area contributed by atoms with Crippen LogP contribution in [0.25, 0.3) is 0 Å². The SMILES string of the molecule is CCNC(=NCc1ccccn1)NCC(=O)NCCc1ccccc1. The predicted octanol–water partition coefficient (Wildman–Crippen LogP) is 1.50. The summed E-state index contributed by atoms with van der Waals surface area (Å²) in [5.41, 5.74) is 2.09. The van der Waals surface area contributed by atoms with E-state index in [1.165, 1.54) is 5.56 Å². The lowest BCUT2D eigenvalue weighted by Gasteiger charge is -2.11. The molecule has 0 atom stereocenters. The lowest BCUT2D eigenvalue weighted by Crippen LogP contribution is -2.43. The zero-order valence-corrected chi connectivity index (χ0v) is 14.5. The summed E-state index contributed by atoms with van der Waals surface area (Å²) in [4.78, 5) is 20.6. The van der Waals surface area contributed by atoms with E-state index in [9.17, 15) is 4.79 Å². The van der Waals surface area contributed by atoms with Gasteiger partial charge in [0, 0.05) is 19.3 Å². The fourth-order valence-corrected chi connectivity index (χ4v) is 2.21. The minimum absolute atomic E-state index is 0.0561. The second kappa shape index (κ2) is 10.8. The van der Waals surface area contributed by atoms with Crippen LogP contribution in [0.1, 0.15) is 18.2 Å². The molecule has 1 amide bonds. The second-order valence-electron chi connectivity index (χ2n) is 5.46. The van der Waals surface area contributed by atoms with Crippen LogP contribution in [0.15, 0.2) is 59.7 Å². The molecule has 1 heterocycles. The normalized spacial score (nSPS) is 11.0. The molecule has 1 aromatic carbocycles. The highest BCUT2D eigenvalue weighted by Crippen LogP contribution is 1.98. The maximum Gasteiger partial charge on any atom is 0.239 e. The minimum Gasteiger partial charge on any atom is -0.357 e. The first-order chi connectivity index (χ1) is 12.3. The van der Waals surface area contributed by atoms with Crippen LogP contribution in [0.5, 0.6) is 0 Å². The summed E-state index contributed by atoms with van der Waals surface area (Å²) in [7, 11) is 0. The molecule has 2 rings (SSSR count). The van der Waals surface area contributed by atoms with E-state index in [1.54, 1.807) is 6.20 Å². The third-order valence-corrected chi connectivity index (χ3v) is 3.46. The zero-order chi connectivity index (χ0) is 17.7. The number of pyridine rings is 1. The van der Waals surface area contributed by atoms with Crippen LogP contribution in [-0.2, 0) is 17.8 Å². The van der Waals surface area contributed by atoms with E-state index in [-0.39, 0.29) is 12.5 Å². The van der Waals surface area contributed by atoms with E-state index in [4.69, 9.17) is 0 Å². The molecule has 0 fully saturated rings. The average molecular weight is 339 g/mol. The van der Waals surface area contributed by atoms with Crippen LogP contribution in [0, 0.1) is 0 Å². The van der Waals surface area contributed by atoms with Gasteiger partial charge in [-0.2, -0.15) is 0 Å². The van der Waals surface area contributed by atoms with Crippen molar-refractivity contribution >= 4 is 11.9 Å². The van der Waals surface area contributed by atoms with Gasteiger partial charge < -0.3 is 16.0 Å². The molecule has 0 aliphatic heterocycles. The third kappa shape index (κ3) is 7.48. The fraction of sp³-hybridized carbons (Fsp3) is 0.316. The molecule has 25 heavy (non-hydrogen) atoms. The van der Waals surface area contributed by atoms with Crippen LogP contribution in [0.3, 0.4) is 0 Å². The molecule has 0 bridgehead atoms. The molecule has 0 unspecified atom stereocenters. The molecule has 3 N–H and O–H groups in total. The van der Waals surface area contributed by atoms with Crippen LogP contribution in [0.2, 0.25) is 0 Å². The van der Waals surface area contributed by atoms with E-state index >= 15 is 0 Å². The monoisotopic (exact) mass is 339 g/mol. The van der Waals surface area contributed by atoms with Crippen molar-refractivity contribution < 1.29 is 4.79 Å². The van der Waals surface area contributed by atoms with Crippen LogP contribution in [0.4, 0.5) is 0 Å². The molecule has 6 nitrogen and oxygen atoms in total. The summed E-state index contributed by atoms with van der Waals surface area (Å²) >= 11 is 0. The van der Waals surface area contributed by atoms with Crippen LogP contribution in [-0.4, -0.2) is 36.5 Å². The fourth-order valence-electron chi connectivity index (χ4n) is 2.21. The summed E-state index contributed by atoms with van der Waals surface area (Å²) in [6.07, 6.45) is 2.56. The van der Waals surface area contributed by atoms with Crippen molar-refractivity contribution in [2.45, 2.75) is 19.9 Å². The van der Waals surface area contributed by atoms with Crippen molar-refractivity contribution in [1.29, 1.82) is 0 Å². The van der Waals surface area contributed by atoms with Crippen molar-refractivity contribution in [3.63, 3.8) is 0 Å². The Bertz CT molecular complexity index is 658. The van der Waals surface area contributed by atoms with E-state index in [0.29, 0.717) is 19.0 Å². The highest BCUT2D eigenvalue weighted by Gasteiger charge is 2.03. The summed E-state index contributed by atoms with van der Waals surface area (Å²) in [5, 5.41) is 9.07. The number of carbonyl (C=O) groups excluding carboxylic acids is 1. The number of hydrogen-bond acceptors (Lipinski definition) is 3. The van der Waals surface area contributed by atoms with Gasteiger partial charge in [0.2, 0.25) is 5.91 Å². The van der Waals surface area contributed by atoms with Gasteiger partial charge >= 0.3 is 0 Å². The molecule has 0 saturated heterocycles. The molecule has 0 saturated carbocycles. The Morgan fingerprint density at radius 2 is 1.84 bits per heavy atom. The van der Waals surface area contributed by atoms with Crippen molar-refractivity contribution in [3.05, 3.63) is 66.0 Å². The first-order valence-electron chi connectivity index (χ1n) is 8.50. The predicted molar refractivity (Wildman–Crippen MR) is 100 cm³/mol. The number of guanidine groups is 1. The van der Waals surface area contributed by atoms with Crippen molar-refractivity contribution in [1.82, 2.24) is 20.9 Å². The zero-order valence-electron chi connectivity index (χ0n) is 14.5. The molecule has 0 aliphatic carbocycles. The van der Waals surface area contributed by atoms with Crippen molar-refractivity contribution in [3.8, 4) is 0 Å². The molecular weight excluding hydrogens is 314 g/mol. The second-order valence-corrected chi connectivity index (χ2v) is 5.46. The van der Waals surface area contributed by atoms with E-state index < -0.39 is 0 Å². The molecule has 132 valence electrons. The molecule has 2 aromatic rings. The van der Waals surface area contributed by atoms with Gasteiger partial charge in [-0.25, -0.2) is 4.99 Å². The molecular formula is C19H25N5O. The summed E-state index contributed by atoms with van der Waals surface area (Å²) in [5.74, 6) is 0.547. The van der Waals surface area contributed by atoms with Gasteiger partial charge in [-0.1, -0.05) is 36.4 Å². The van der Waals surface area contributed by atoms with Gasteiger partial charge in [-0.3, -0.25) is 9.78 Å². The highest BCUT2D eigenvalue weighted by molar-refractivity contribution is 5.86. The van der Waals surface area contributed by atoms with Gasteiger partial charge in [-0.05, 0) is 31.0 Å². The number of aliphatic imine (C=N–C) groups is 1. The van der Waals surface area contributed by atoms with Gasteiger partial charge in [0.1, 0.15) is 0 Å². The molecule has 0 aliphatic rings. The Morgan fingerprint density at radius 1 is 1.04 bits per heavy atom. The first-order valence-corrected chi connectivity index (χ1v) is 8.50. The van der Waals surface area contributed by atoms with E-state index in [2.05, 4.69) is 38.1 Å². The lowest BCUT2D eigenvalue weighted by atomic mass is 10.1. The molecule has 1 aromatic heterocycles. The third-order valence-electron chi connectivity index (χ3n) is 3.46. The largest absolute Gasteiger partial charge is 0.357 e. The number of carbonyl (C=O) groups is 1. The quantitative estimate of drug-likeness (QED) is 0.503. The summed E-state index contributed by atoms with van der Waals surface area (Å²) in [6, 6.07) is 15.8. The van der Waals surface area contributed by atoms with Crippen molar-refractivity contribution in [2.75, 3.05) is 19.6 Å². The number of hydrogen-bond donors (Lipinski definition) is 3. The number of rotatable bonds is 8. The highest BCUT2D eigenvalue weighted by atomic mass is 16.1. The number of nitrogens with zero attached hydrogens (tertiary/aromatic N) is 2. The lowest BCUT2D eigenvalue weighted by molar-refractivity contribution is -0.119. The molecule has 6 heteroatoms. The van der Waals surface area contributed by atoms with Gasteiger partial charge in [0.15, 0.2) is 5.96 Å². The van der Waals surface area contributed by atoms with Gasteiger partial charge in [-0.15, -0.1) is 0 Å². The first kappa shape index (κ1) is 18.4. The minimum atomic E-state index is -0.0561. The van der Waals surface area contributed by atoms with Gasteiger partial charge in [0.05, 0.1) is 18.8 Å². The van der Waals surface area contributed by atoms with Crippen molar-refractivity contribution in [2.24, 2.45) is 4.99 Å². The van der Waals surface area contributed by atoms with Crippen LogP contribution < -0.4 is 16.0 Å². The Balaban J connectivity index is 1.73. The Hall–Kier alpha value is -2.89. The summed E-state index contributed by atoms with van der Waals surface area (Å²) < 4.78 is 0. The molecule has 0 spiro atoms. The topological polar surface area (TPSA) is 78.4 Å². The number of benzene rings is 1. The summed E-state index contributed by atoms with van der Waals surface area (Å²) in [6.45, 7) is 3.97. The maximum atomic E-state index is 11.9. The maximum absolute atomic E-state index is 11.9. The van der Waals surface area contributed by atoms with E-state index in [1.807, 2.05) is 43.3 Å². The standard InChI is InChI=1S/C19H25N5O/c1-2-20-19(23-14-17-10-6-7-12-21-17)24-15-18(25)22-13-11-16-8-4-3-5-9-16/h3-10,12H,2,11,13-15H2,1H3,(H,22,25)(H2,20,23,24). The molecule has 0 radical (unpaired) electrons.